The van der Waals surface area contributed by atoms with Crippen LogP contribution in [0.15, 0.2) is 51.5 Å². The number of nitrogens with zero attached hydrogens (tertiary/aromatic N) is 3. The number of urea groups is 1. The highest BCUT2D eigenvalue weighted by Crippen LogP contribution is 2.25. The average Bonchev–Trinajstić information content (AvgIpc) is 3.43. The minimum atomic E-state index is -0.0556. The molecule has 2 aromatic heterocycles. The highest BCUT2D eigenvalue weighted by Gasteiger charge is 2.31. The third kappa shape index (κ3) is 3.38. The Bertz CT molecular complexity index is 951. The Labute approximate surface area is 161 Å². The van der Waals surface area contributed by atoms with E-state index >= 15 is 0 Å². The minimum Gasteiger partial charge on any atom is -0.459 e. The van der Waals surface area contributed by atoms with E-state index in [1.807, 2.05) is 29.2 Å². The van der Waals surface area contributed by atoms with E-state index in [0.29, 0.717) is 29.6 Å². The summed E-state index contributed by atoms with van der Waals surface area (Å²) in [6, 6.07) is 11.8. The van der Waals surface area contributed by atoms with Crippen molar-refractivity contribution in [3.05, 3.63) is 42.7 Å². The standard InChI is InChI=1S/C20H21N5O3/c26-20(25-10-9-15-7-8-16(12-25)21-15)22-14-5-3-13(4-6-14)18-23-24-19(28-18)17-2-1-11-27-17/h1-6,11,15-16,21H,7-10,12H2,(H,22,26)/t15-,16+/m1/s1. The lowest BCUT2D eigenvalue weighted by Crippen LogP contribution is -2.41. The van der Waals surface area contributed by atoms with E-state index in [-0.39, 0.29) is 6.03 Å². The molecular weight excluding hydrogens is 358 g/mol. The summed E-state index contributed by atoms with van der Waals surface area (Å²) in [4.78, 5) is 14.5. The zero-order valence-electron chi connectivity index (χ0n) is 15.3. The minimum absolute atomic E-state index is 0.0556. The van der Waals surface area contributed by atoms with Gasteiger partial charge in [0.25, 0.3) is 5.89 Å². The molecule has 3 aromatic rings. The quantitative estimate of drug-likeness (QED) is 0.724. The molecule has 28 heavy (non-hydrogen) atoms. The molecular formula is C20H21N5O3. The number of anilines is 1. The lowest BCUT2D eigenvalue weighted by Gasteiger charge is -2.24. The van der Waals surface area contributed by atoms with Crippen molar-refractivity contribution in [2.24, 2.45) is 0 Å². The predicted octanol–water partition coefficient (Wildman–Crippen LogP) is 3.35. The lowest BCUT2D eigenvalue weighted by atomic mass is 10.1. The van der Waals surface area contributed by atoms with Gasteiger partial charge in [0.05, 0.1) is 6.26 Å². The normalized spacial score (nSPS) is 21.5. The van der Waals surface area contributed by atoms with Crippen LogP contribution < -0.4 is 10.6 Å². The predicted molar refractivity (Wildman–Crippen MR) is 103 cm³/mol. The lowest BCUT2D eigenvalue weighted by molar-refractivity contribution is 0.208. The van der Waals surface area contributed by atoms with Crippen molar-refractivity contribution in [3.8, 4) is 23.1 Å². The van der Waals surface area contributed by atoms with E-state index in [1.54, 1.807) is 18.4 Å². The van der Waals surface area contributed by atoms with E-state index in [9.17, 15) is 4.79 Å². The smallest absolute Gasteiger partial charge is 0.321 e. The summed E-state index contributed by atoms with van der Waals surface area (Å²) in [6.07, 6.45) is 4.94. The Morgan fingerprint density at radius 1 is 1.07 bits per heavy atom. The summed E-state index contributed by atoms with van der Waals surface area (Å²) in [5, 5.41) is 14.6. The molecule has 0 saturated carbocycles. The Morgan fingerprint density at radius 3 is 2.71 bits per heavy atom. The van der Waals surface area contributed by atoms with E-state index in [2.05, 4.69) is 20.8 Å². The number of rotatable bonds is 3. The van der Waals surface area contributed by atoms with Gasteiger partial charge in [0.1, 0.15) is 0 Å². The molecule has 8 nitrogen and oxygen atoms in total. The maximum Gasteiger partial charge on any atom is 0.321 e. The van der Waals surface area contributed by atoms with Crippen molar-refractivity contribution >= 4 is 11.7 Å². The van der Waals surface area contributed by atoms with Gasteiger partial charge in [-0.2, -0.15) is 0 Å². The summed E-state index contributed by atoms with van der Waals surface area (Å²) < 4.78 is 10.9. The van der Waals surface area contributed by atoms with Gasteiger partial charge >= 0.3 is 6.03 Å². The van der Waals surface area contributed by atoms with E-state index in [0.717, 1.165) is 37.2 Å². The molecule has 2 aliphatic heterocycles. The second kappa shape index (κ2) is 7.12. The first-order valence-electron chi connectivity index (χ1n) is 9.54. The third-order valence-corrected chi connectivity index (χ3v) is 5.35. The van der Waals surface area contributed by atoms with Crippen LogP contribution >= 0.6 is 0 Å². The van der Waals surface area contributed by atoms with Crippen LogP contribution in [0.1, 0.15) is 19.3 Å². The number of hydrogen-bond donors (Lipinski definition) is 2. The number of carbonyl (C=O) groups excluding carboxylic acids is 1. The fourth-order valence-electron chi connectivity index (χ4n) is 3.87. The number of furan rings is 1. The first-order valence-corrected chi connectivity index (χ1v) is 9.54. The highest BCUT2D eigenvalue weighted by molar-refractivity contribution is 5.89. The van der Waals surface area contributed by atoms with Gasteiger partial charge in [0.2, 0.25) is 5.89 Å². The van der Waals surface area contributed by atoms with Crippen LogP contribution in [0.2, 0.25) is 0 Å². The molecule has 2 atom stereocenters. The second-order valence-corrected chi connectivity index (χ2v) is 7.27. The van der Waals surface area contributed by atoms with Crippen molar-refractivity contribution in [2.45, 2.75) is 31.3 Å². The van der Waals surface area contributed by atoms with Crippen molar-refractivity contribution in [3.63, 3.8) is 0 Å². The van der Waals surface area contributed by atoms with Crippen LogP contribution in [0.4, 0.5) is 10.5 Å². The molecule has 4 heterocycles. The Hall–Kier alpha value is -3.13. The highest BCUT2D eigenvalue weighted by atomic mass is 16.4. The van der Waals surface area contributed by atoms with Crippen LogP contribution in [-0.4, -0.2) is 46.3 Å². The summed E-state index contributed by atoms with van der Waals surface area (Å²) in [7, 11) is 0. The molecule has 144 valence electrons. The van der Waals surface area contributed by atoms with Crippen LogP contribution in [0.25, 0.3) is 23.1 Å². The van der Waals surface area contributed by atoms with Gasteiger partial charge in [-0.1, -0.05) is 0 Å². The van der Waals surface area contributed by atoms with Gasteiger partial charge in [-0.05, 0) is 55.7 Å². The first-order chi connectivity index (χ1) is 13.7. The zero-order valence-corrected chi connectivity index (χ0v) is 15.3. The van der Waals surface area contributed by atoms with Gasteiger partial charge in [0, 0.05) is 36.4 Å². The summed E-state index contributed by atoms with van der Waals surface area (Å²) in [6.45, 7) is 1.55. The van der Waals surface area contributed by atoms with Gasteiger partial charge in [-0.3, -0.25) is 0 Å². The Morgan fingerprint density at radius 2 is 1.89 bits per heavy atom. The van der Waals surface area contributed by atoms with Gasteiger partial charge in [-0.25, -0.2) is 4.79 Å². The maximum absolute atomic E-state index is 12.6. The van der Waals surface area contributed by atoms with E-state index < -0.39 is 0 Å². The summed E-state index contributed by atoms with van der Waals surface area (Å²) in [5.74, 6) is 1.27. The number of amides is 2. The fourth-order valence-corrected chi connectivity index (χ4v) is 3.87. The number of hydrogen-bond acceptors (Lipinski definition) is 6. The largest absolute Gasteiger partial charge is 0.459 e. The second-order valence-electron chi connectivity index (χ2n) is 7.27. The summed E-state index contributed by atoms with van der Waals surface area (Å²) >= 11 is 0. The monoisotopic (exact) mass is 379 g/mol. The molecule has 2 saturated heterocycles. The molecule has 0 unspecified atom stereocenters. The molecule has 2 fully saturated rings. The Kier molecular flexibility index (Phi) is 4.32. The topological polar surface area (TPSA) is 96.4 Å². The van der Waals surface area contributed by atoms with Crippen LogP contribution in [0.5, 0.6) is 0 Å². The SMILES string of the molecule is O=C(Nc1ccc(-c2nnc(-c3ccco3)o2)cc1)N1CC[C@H]2CC[C@@H](C1)N2. The van der Waals surface area contributed by atoms with Crippen LogP contribution in [0.3, 0.4) is 0 Å². The molecule has 2 amide bonds. The van der Waals surface area contributed by atoms with Crippen molar-refractivity contribution in [1.82, 2.24) is 20.4 Å². The average molecular weight is 379 g/mol. The maximum atomic E-state index is 12.6. The van der Waals surface area contributed by atoms with Gasteiger partial charge < -0.3 is 24.4 Å². The zero-order chi connectivity index (χ0) is 18.9. The van der Waals surface area contributed by atoms with Crippen LogP contribution in [0, 0.1) is 0 Å². The van der Waals surface area contributed by atoms with Crippen molar-refractivity contribution in [1.29, 1.82) is 0 Å². The molecule has 1 aromatic carbocycles. The van der Waals surface area contributed by atoms with Crippen LogP contribution in [-0.2, 0) is 0 Å². The first kappa shape index (κ1) is 17.0. The number of benzene rings is 1. The number of likely N-dealkylation sites (tertiary alicyclic amines) is 1. The van der Waals surface area contributed by atoms with Gasteiger partial charge in [0.15, 0.2) is 5.76 Å². The molecule has 0 radical (unpaired) electrons. The Balaban J connectivity index is 1.24. The molecule has 0 aliphatic carbocycles. The van der Waals surface area contributed by atoms with E-state index in [4.69, 9.17) is 8.83 Å². The number of nitrogens with one attached hydrogen (secondary N) is 2. The fraction of sp³-hybridized carbons (Fsp3) is 0.350. The van der Waals surface area contributed by atoms with Gasteiger partial charge in [-0.15, -0.1) is 10.2 Å². The van der Waals surface area contributed by atoms with Crippen molar-refractivity contribution in [2.75, 3.05) is 18.4 Å². The van der Waals surface area contributed by atoms with Crippen molar-refractivity contribution < 1.29 is 13.6 Å². The third-order valence-electron chi connectivity index (χ3n) is 5.35. The molecule has 2 N–H and O–H groups in total. The molecule has 2 bridgehead atoms. The molecule has 0 spiro atoms. The molecule has 8 heteroatoms. The summed E-state index contributed by atoms with van der Waals surface area (Å²) in [5.41, 5.74) is 1.52. The number of fused-ring (bicyclic) bond motifs is 2. The number of aromatic nitrogens is 2. The van der Waals surface area contributed by atoms with E-state index in [1.165, 1.54) is 6.42 Å². The molecule has 2 aliphatic rings. The molecule has 5 rings (SSSR count). The number of carbonyl (C=O) groups is 1.